The number of hydrogen-bond acceptors (Lipinski definition) is 1. The van der Waals surface area contributed by atoms with Crippen LogP contribution >= 0.6 is 0 Å². The van der Waals surface area contributed by atoms with Crippen molar-refractivity contribution in [1.82, 2.24) is 4.57 Å². The summed E-state index contributed by atoms with van der Waals surface area (Å²) in [5.74, 6) is 0. The van der Waals surface area contributed by atoms with Crippen molar-refractivity contribution in [2.24, 2.45) is 0 Å². The maximum absolute atomic E-state index is 2.58. The minimum Gasteiger partial charge on any atom is -0.333 e. The molecule has 0 amide bonds. The third-order valence-electron chi connectivity index (χ3n) is 11.8. The zero-order chi connectivity index (χ0) is 36.4. The highest BCUT2D eigenvalue weighted by Gasteiger charge is 2.47. The maximum Gasteiger partial charge on any atom is 0.0661 e. The zero-order valence-electron chi connectivity index (χ0n) is 31.0. The summed E-state index contributed by atoms with van der Waals surface area (Å²) >= 11 is 0. The van der Waals surface area contributed by atoms with E-state index in [1.165, 1.54) is 83.3 Å². The highest BCUT2D eigenvalue weighted by Crippen LogP contribution is 2.53. The summed E-state index contributed by atoms with van der Waals surface area (Å²) in [6.45, 7) is 6.87. The Kier molecular flexibility index (Phi) is 7.56. The Balaban J connectivity index is 1.13. The number of para-hydroxylation sites is 2. The molecule has 2 unspecified atom stereocenters. The lowest BCUT2D eigenvalue weighted by Gasteiger charge is -2.36. The Morgan fingerprint density at radius 3 is 1.96 bits per heavy atom. The van der Waals surface area contributed by atoms with Gasteiger partial charge in [0.15, 0.2) is 0 Å². The molecule has 7 aromatic carbocycles. The molecule has 2 aliphatic rings. The van der Waals surface area contributed by atoms with E-state index >= 15 is 0 Å². The average Bonchev–Trinajstić information content (AvgIpc) is 3.69. The first-order valence-corrected chi connectivity index (χ1v) is 19.2. The van der Waals surface area contributed by atoms with Gasteiger partial charge in [0.25, 0.3) is 0 Å². The molecule has 0 spiro atoms. The van der Waals surface area contributed by atoms with Crippen molar-refractivity contribution in [3.05, 3.63) is 204 Å². The van der Waals surface area contributed by atoms with Crippen LogP contribution in [0.25, 0.3) is 55.3 Å². The van der Waals surface area contributed by atoms with Gasteiger partial charge in [0.05, 0.1) is 17.1 Å². The second-order valence-electron chi connectivity index (χ2n) is 15.2. The second-order valence-corrected chi connectivity index (χ2v) is 15.2. The van der Waals surface area contributed by atoms with Gasteiger partial charge >= 0.3 is 0 Å². The summed E-state index contributed by atoms with van der Waals surface area (Å²) in [5, 5.41) is 2.52. The van der Waals surface area contributed by atoms with Crippen LogP contribution in [0.2, 0.25) is 0 Å². The Hall–Kier alpha value is -6.38. The summed E-state index contributed by atoms with van der Waals surface area (Å²) < 4.78 is 2.45. The Morgan fingerprint density at radius 1 is 0.556 bits per heavy atom. The molecule has 1 aliphatic heterocycles. The number of allylic oxidation sites excluding steroid dienone is 2. The van der Waals surface area contributed by atoms with E-state index in [-0.39, 0.29) is 11.5 Å². The van der Waals surface area contributed by atoms with Crippen LogP contribution in [0.5, 0.6) is 0 Å². The van der Waals surface area contributed by atoms with Crippen molar-refractivity contribution in [2.45, 2.75) is 38.6 Å². The Morgan fingerprint density at radius 2 is 1.22 bits per heavy atom. The minimum absolute atomic E-state index is 0.142. The van der Waals surface area contributed by atoms with Crippen molar-refractivity contribution in [3.63, 3.8) is 0 Å². The van der Waals surface area contributed by atoms with Crippen LogP contribution in [0.3, 0.4) is 0 Å². The predicted molar refractivity (Wildman–Crippen MR) is 229 cm³/mol. The number of anilines is 2. The monoisotopic (exact) mass is 694 g/mol. The van der Waals surface area contributed by atoms with E-state index in [1.807, 2.05) is 0 Å². The summed E-state index contributed by atoms with van der Waals surface area (Å²) in [4.78, 5) is 2.58. The second kappa shape index (κ2) is 12.6. The molecule has 0 saturated carbocycles. The van der Waals surface area contributed by atoms with E-state index in [2.05, 4.69) is 212 Å². The van der Waals surface area contributed by atoms with Crippen molar-refractivity contribution >= 4 is 38.8 Å². The molecule has 0 bridgehead atoms. The summed E-state index contributed by atoms with van der Waals surface area (Å²) in [5.41, 5.74) is 17.4. The first-order chi connectivity index (χ1) is 26.5. The molecule has 1 aliphatic carbocycles. The molecule has 54 heavy (non-hydrogen) atoms. The summed E-state index contributed by atoms with van der Waals surface area (Å²) in [6, 6.07) is 60.6. The molecule has 2 nitrogen and oxygen atoms in total. The van der Waals surface area contributed by atoms with Gasteiger partial charge in [0.1, 0.15) is 0 Å². The first-order valence-electron chi connectivity index (χ1n) is 19.2. The van der Waals surface area contributed by atoms with Crippen LogP contribution in [0, 0.1) is 6.92 Å². The fraction of sp³-hybridized carbons (Fsp3) is 0.115. The topological polar surface area (TPSA) is 8.17 Å². The van der Waals surface area contributed by atoms with Gasteiger partial charge in [-0.3, -0.25) is 0 Å². The number of aromatic nitrogens is 1. The van der Waals surface area contributed by atoms with Gasteiger partial charge in [-0.2, -0.15) is 0 Å². The van der Waals surface area contributed by atoms with Gasteiger partial charge in [-0.1, -0.05) is 134 Å². The number of rotatable bonds is 6. The molecular weight excluding hydrogens is 653 g/mol. The molecule has 0 saturated heterocycles. The van der Waals surface area contributed by atoms with E-state index in [4.69, 9.17) is 0 Å². The fourth-order valence-electron chi connectivity index (χ4n) is 9.08. The highest BCUT2D eigenvalue weighted by molar-refractivity contribution is 6.10. The largest absolute Gasteiger partial charge is 0.333 e. The van der Waals surface area contributed by atoms with Crippen LogP contribution in [0.15, 0.2) is 182 Å². The smallest absolute Gasteiger partial charge is 0.0661 e. The van der Waals surface area contributed by atoms with Gasteiger partial charge in [0, 0.05) is 33.2 Å². The zero-order valence-corrected chi connectivity index (χ0v) is 31.0. The lowest BCUT2D eigenvalue weighted by atomic mass is 9.74. The molecule has 2 heteroatoms. The molecule has 260 valence electrons. The van der Waals surface area contributed by atoms with E-state index in [0.29, 0.717) is 0 Å². The van der Waals surface area contributed by atoms with Gasteiger partial charge < -0.3 is 9.47 Å². The number of aryl methyl sites for hydroxylation is 2. The molecule has 0 N–H and O–H groups in total. The van der Waals surface area contributed by atoms with Gasteiger partial charge in [0.2, 0.25) is 0 Å². The molecule has 0 radical (unpaired) electrons. The average molecular weight is 695 g/mol. The van der Waals surface area contributed by atoms with Gasteiger partial charge in [-0.05, 0) is 125 Å². The molecule has 1 aromatic heterocycles. The van der Waals surface area contributed by atoms with E-state index < -0.39 is 0 Å². The molecule has 0 fully saturated rings. The summed E-state index contributed by atoms with van der Waals surface area (Å²) in [7, 11) is 0. The van der Waals surface area contributed by atoms with Crippen molar-refractivity contribution in [3.8, 4) is 27.9 Å². The van der Waals surface area contributed by atoms with E-state index in [0.717, 1.165) is 12.1 Å². The number of nitrogens with zero attached hydrogens (tertiary/aromatic N) is 2. The van der Waals surface area contributed by atoms with Gasteiger partial charge in [-0.15, -0.1) is 0 Å². The van der Waals surface area contributed by atoms with Crippen molar-refractivity contribution in [2.75, 3.05) is 4.90 Å². The predicted octanol–water partition coefficient (Wildman–Crippen LogP) is 13.4. The third kappa shape index (κ3) is 5.16. The lowest BCUT2D eigenvalue weighted by Crippen LogP contribution is -2.39. The fourth-order valence-corrected chi connectivity index (χ4v) is 9.08. The lowest BCUT2D eigenvalue weighted by molar-refractivity contribution is 0.552. The van der Waals surface area contributed by atoms with Crippen LogP contribution in [-0.2, 0) is 11.8 Å². The number of fused-ring (bicyclic) bond motifs is 6. The van der Waals surface area contributed by atoms with Crippen molar-refractivity contribution in [1.29, 1.82) is 0 Å². The number of benzene rings is 7. The van der Waals surface area contributed by atoms with Crippen LogP contribution in [0.4, 0.5) is 11.4 Å². The van der Waals surface area contributed by atoms with E-state index in [1.54, 1.807) is 0 Å². The Bertz CT molecular complexity index is 2730. The quantitative estimate of drug-likeness (QED) is 0.168. The molecular formula is C52H42N2. The minimum atomic E-state index is -0.142. The van der Waals surface area contributed by atoms with Gasteiger partial charge in [-0.25, -0.2) is 0 Å². The SMILES string of the molecule is CCc1cc(C)cc(N2c3ccccc3C3(C)C=CC(c4ccc5c(c4)c4ccccc4n5-c4cc(-c5ccccc5)cc(-c5ccccc5)c4)=CC23)c1. The summed E-state index contributed by atoms with van der Waals surface area (Å²) in [6.07, 6.45) is 8.35. The van der Waals surface area contributed by atoms with Crippen LogP contribution < -0.4 is 4.90 Å². The van der Waals surface area contributed by atoms with Crippen LogP contribution in [0.1, 0.15) is 36.1 Å². The Labute approximate surface area is 318 Å². The molecule has 10 rings (SSSR count). The maximum atomic E-state index is 2.58. The standard InChI is InChI=1S/C52H42N2/c1-4-36-27-35(2)28-43(29-36)54-50-22-14-12-20-47(50)52(3)26-25-40(34-51(52)54)39-23-24-49-46(33-39)45-19-11-13-21-48(45)53(49)44-31-41(37-15-7-5-8-16-37)30-42(32-44)38-17-9-6-10-18-38/h5-34,51H,4H2,1-3H3. The molecule has 8 aromatic rings. The molecule has 2 atom stereocenters. The highest BCUT2D eigenvalue weighted by atomic mass is 15.2. The van der Waals surface area contributed by atoms with Crippen molar-refractivity contribution < 1.29 is 0 Å². The first kappa shape index (κ1) is 32.3. The normalized spacial score (nSPS) is 17.5. The molecule has 2 heterocycles. The third-order valence-corrected chi connectivity index (χ3v) is 11.8. The van der Waals surface area contributed by atoms with Crippen LogP contribution in [-0.4, -0.2) is 10.6 Å². The van der Waals surface area contributed by atoms with E-state index in [9.17, 15) is 0 Å². The number of hydrogen-bond donors (Lipinski definition) is 0.